The predicted octanol–water partition coefficient (Wildman–Crippen LogP) is 4.64. The van der Waals surface area contributed by atoms with Gasteiger partial charge in [0.2, 0.25) is 5.91 Å². The Bertz CT molecular complexity index is 1180. The zero-order valence-corrected chi connectivity index (χ0v) is 18.8. The van der Waals surface area contributed by atoms with Gasteiger partial charge in [0.1, 0.15) is 18.0 Å². The van der Waals surface area contributed by atoms with Crippen LogP contribution in [0.4, 0.5) is 21.6 Å². The summed E-state index contributed by atoms with van der Waals surface area (Å²) in [6.07, 6.45) is 8.41. The average Bonchev–Trinajstić information content (AvgIpc) is 2.82. The third-order valence-corrected chi connectivity index (χ3v) is 5.84. The summed E-state index contributed by atoms with van der Waals surface area (Å²) >= 11 is 5.88. The van der Waals surface area contributed by atoms with Crippen LogP contribution in [-0.4, -0.2) is 45.5 Å². The van der Waals surface area contributed by atoms with E-state index in [1.807, 2.05) is 6.08 Å². The van der Waals surface area contributed by atoms with Crippen molar-refractivity contribution in [2.45, 2.75) is 25.9 Å². The van der Waals surface area contributed by atoms with Crippen LogP contribution in [0.1, 0.15) is 24.8 Å². The Morgan fingerprint density at radius 1 is 1.18 bits per heavy atom. The molecule has 172 valence electrons. The van der Waals surface area contributed by atoms with Gasteiger partial charge >= 0.3 is 0 Å². The molecule has 33 heavy (non-hydrogen) atoms. The maximum absolute atomic E-state index is 13.5. The molecule has 0 spiro atoms. The molecule has 2 aromatic carbocycles. The maximum Gasteiger partial charge on any atom is 0.248 e. The van der Waals surface area contributed by atoms with Gasteiger partial charge in [-0.15, -0.1) is 0 Å². The first-order valence-electron chi connectivity index (χ1n) is 10.8. The second-order valence-electron chi connectivity index (χ2n) is 7.91. The summed E-state index contributed by atoms with van der Waals surface area (Å²) in [6.45, 7) is 2.59. The Hall–Kier alpha value is -3.07. The number of fused-ring (bicyclic) bond motifs is 1. The van der Waals surface area contributed by atoms with Crippen LogP contribution in [-0.2, 0) is 11.4 Å². The Balaban J connectivity index is 1.55. The first kappa shape index (κ1) is 23.1. The Morgan fingerprint density at radius 3 is 2.76 bits per heavy atom. The fourth-order valence-corrected chi connectivity index (χ4v) is 4.01. The number of rotatable bonds is 7. The molecule has 1 aliphatic rings. The van der Waals surface area contributed by atoms with Crippen molar-refractivity contribution in [3.05, 3.63) is 65.2 Å². The van der Waals surface area contributed by atoms with Crippen LogP contribution in [0.2, 0.25) is 5.02 Å². The molecule has 3 aromatic rings. The number of carbonyl (C=O) groups excluding carboxylic acids is 1. The number of hydrogen-bond donors (Lipinski definition) is 3. The van der Waals surface area contributed by atoms with Gasteiger partial charge in [0.25, 0.3) is 0 Å². The molecule has 9 heteroatoms. The van der Waals surface area contributed by atoms with E-state index in [0.717, 1.165) is 19.6 Å². The monoisotopic (exact) mass is 469 g/mol. The minimum absolute atomic E-state index is 0.00905. The number of aromatic nitrogens is 2. The molecule has 4 rings (SSSR count). The van der Waals surface area contributed by atoms with Crippen molar-refractivity contribution in [3.63, 3.8) is 0 Å². The molecule has 7 nitrogen and oxygen atoms in total. The van der Waals surface area contributed by atoms with Gasteiger partial charge < -0.3 is 15.7 Å². The minimum atomic E-state index is -0.513. The van der Waals surface area contributed by atoms with E-state index in [4.69, 9.17) is 11.6 Å². The first-order chi connectivity index (χ1) is 16.0. The van der Waals surface area contributed by atoms with Crippen LogP contribution in [0.25, 0.3) is 10.9 Å². The quantitative estimate of drug-likeness (QED) is 0.437. The van der Waals surface area contributed by atoms with Gasteiger partial charge in [0, 0.05) is 34.9 Å². The number of aliphatic hydroxyl groups is 1. The smallest absolute Gasteiger partial charge is 0.248 e. The number of benzene rings is 2. The second-order valence-corrected chi connectivity index (χ2v) is 8.32. The van der Waals surface area contributed by atoms with Gasteiger partial charge in [-0.25, -0.2) is 14.4 Å². The molecule has 1 amide bonds. The average molecular weight is 470 g/mol. The van der Waals surface area contributed by atoms with Crippen LogP contribution in [0.5, 0.6) is 0 Å². The lowest BCUT2D eigenvalue weighted by Crippen LogP contribution is -2.29. The molecular weight excluding hydrogens is 445 g/mol. The van der Waals surface area contributed by atoms with Crippen LogP contribution >= 0.6 is 11.6 Å². The van der Waals surface area contributed by atoms with Crippen LogP contribution < -0.4 is 10.6 Å². The van der Waals surface area contributed by atoms with Crippen molar-refractivity contribution in [3.8, 4) is 0 Å². The summed E-state index contributed by atoms with van der Waals surface area (Å²) in [5, 5.41) is 16.4. The van der Waals surface area contributed by atoms with E-state index in [1.165, 1.54) is 43.8 Å². The maximum atomic E-state index is 13.5. The number of amides is 1. The zero-order chi connectivity index (χ0) is 23.2. The van der Waals surface area contributed by atoms with Gasteiger partial charge in [-0.05, 0) is 56.3 Å². The first-order valence-corrected chi connectivity index (χ1v) is 11.2. The van der Waals surface area contributed by atoms with Gasteiger partial charge in [-0.2, -0.15) is 0 Å². The van der Waals surface area contributed by atoms with Gasteiger partial charge in [0.05, 0.1) is 17.1 Å². The van der Waals surface area contributed by atoms with E-state index in [2.05, 4.69) is 25.5 Å². The largest absolute Gasteiger partial charge is 0.392 e. The second kappa shape index (κ2) is 10.7. The van der Waals surface area contributed by atoms with E-state index in [9.17, 15) is 14.3 Å². The third kappa shape index (κ3) is 5.84. The number of nitrogens with one attached hydrogen (secondary N) is 2. The Kier molecular flexibility index (Phi) is 7.49. The number of hydrogen-bond acceptors (Lipinski definition) is 6. The molecule has 0 bridgehead atoms. The lowest BCUT2D eigenvalue weighted by Gasteiger charge is -2.24. The molecule has 1 aromatic heterocycles. The molecule has 3 N–H and O–H groups in total. The highest BCUT2D eigenvalue weighted by Crippen LogP contribution is 2.30. The number of carbonyl (C=O) groups is 1. The summed E-state index contributed by atoms with van der Waals surface area (Å²) in [5.74, 6) is -0.332. The molecule has 2 heterocycles. The summed E-state index contributed by atoms with van der Waals surface area (Å²) in [4.78, 5) is 23.4. The van der Waals surface area contributed by atoms with Crippen molar-refractivity contribution >= 4 is 45.6 Å². The van der Waals surface area contributed by atoms with E-state index >= 15 is 0 Å². The molecule has 1 aliphatic heterocycles. The molecule has 0 unspecified atom stereocenters. The van der Waals surface area contributed by atoms with Crippen LogP contribution in [0.15, 0.2) is 48.8 Å². The third-order valence-electron chi connectivity index (χ3n) is 5.55. The molecule has 0 radical (unpaired) electrons. The number of aliphatic hydroxyl groups excluding tert-OH is 1. The molecule has 0 saturated carbocycles. The Morgan fingerprint density at radius 2 is 2.00 bits per heavy atom. The van der Waals surface area contributed by atoms with Crippen LogP contribution in [0, 0.1) is 5.82 Å². The van der Waals surface area contributed by atoms with Gasteiger partial charge in [-0.1, -0.05) is 24.1 Å². The van der Waals surface area contributed by atoms with Crippen molar-refractivity contribution in [2.75, 3.05) is 30.3 Å². The van der Waals surface area contributed by atoms with E-state index in [0.29, 0.717) is 33.7 Å². The number of anilines is 3. The van der Waals surface area contributed by atoms with Crippen molar-refractivity contribution in [2.24, 2.45) is 0 Å². The lowest BCUT2D eigenvalue weighted by molar-refractivity contribution is -0.111. The fourth-order valence-electron chi connectivity index (χ4n) is 3.83. The Labute approximate surface area is 196 Å². The fraction of sp³-hybridized carbons (Fsp3) is 0.292. The normalized spacial score (nSPS) is 14.6. The molecule has 0 atom stereocenters. The highest BCUT2D eigenvalue weighted by molar-refractivity contribution is 6.31. The lowest BCUT2D eigenvalue weighted by atomic mass is 10.1. The number of nitrogens with zero attached hydrogens (tertiary/aromatic N) is 3. The summed E-state index contributed by atoms with van der Waals surface area (Å²) in [5.41, 5.74) is 2.14. The van der Waals surface area contributed by atoms with Gasteiger partial charge in [-0.3, -0.25) is 9.69 Å². The molecular formula is C24H25ClFN5O2. The van der Waals surface area contributed by atoms with E-state index in [-0.39, 0.29) is 17.5 Å². The minimum Gasteiger partial charge on any atom is -0.392 e. The predicted molar refractivity (Wildman–Crippen MR) is 128 cm³/mol. The SMILES string of the molecule is O=C(/C=C/CN1CCCCC1)Nc1cc2c(Nc3ccc(F)c(Cl)c3)ncnc2cc1CO. The topological polar surface area (TPSA) is 90.4 Å². The molecule has 0 aliphatic carbocycles. The van der Waals surface area contributed by atoms with Gasteiger partial charge in [0.15, 0.2) is 0 Å². The molecule has 1 fully saturated rings. The number of likely N-dealkylation sites (tertiary alicyclic amines) is 1. The van der Waals surface area contributed by atoms with Crippen LogP contribution in [0.3, 0.4) is 0 Å². The number of piperidine rings is 1. The highest BCUT2D eigenvalue weighted by Gasteiger charge is 2.13. The molecule has 1 saturated heterocycles. The van der Waals surface area contributed by atoms with E-state index in [1.54, 1.807) is 18.2 Å². The van der Waals surface area contributed by atoms with Crippen molar-refractivity contribution < 1.29 is 14.3 Å². The standard InChI is InChI=1S/C24H25ClFN5O2/c25-19-12-17(6-7-20(19)26)29-24-18-13-21(16(14-32)11-22(18)27-15-28-24)30-23(33)5-4-10-31-8-2-1-3-9-31/h4-7,11-13,15,32H,1-3,8-10,14H2,(H,30,33)(H,27,28,29)/b5-4+. The summed E-state index contributed by atoms with van der Waals surface area (Å²) in [7, 11) is 0. The highest BCUT2D eigenvalue weighted by atomic mass is 35.5. The zero-order valence-electron chi connectivity index (χ0n) is 18.0. The van der Waals surface area contributed by atoms with E-state index < -0.39 is 5.82 Å². The summed E-state index contributed by atoms with van der Waals surface area (Å²) < 4.78 is 13.5. The van der Waals surface area contributed by atoms with Crippen molar-refractivity contribution in [1.82, 2.24) is 14.9 Å². The summed E-state index contributed by atoms with van der Waals surface area (Å²) in [6, 6.07) is 7.69. The van der Waals surface area contributed by atoms with Crippen molar-refractivity contribution in [1.29, 1.82) is 0 Å². The number of halogens is 2.